The zero-order valence-electron chi connectivity index (χ0n) is 6.83. The second-order valence-corrected chi connectivity index (χ2v) is 3.25. The average molecular weight is 180 g/mol. The molecule has 0 spiro atoms. The topological polar surface area (TPSA) is 29.1 Å². The van der Waals surface area contributed by atoms with E-state index in [1.54, 1.807) is 7.05 Å². The van der Waals surface area contributed by atoms with Crippen molar-refractivity contribution in [2.24, 2.45) is 0 Å². The summed E-state index contributed by atoms with van der Waals surface area (Å²) in [6.45, 7) is 0. The minimum atomic E-state index is 0.0489. The highest BCUT2D eigenvalue weighted by Gasteiger charge is 1.98. The SMILES string of the molecule is CNC(=O)CSc1cc[c]cc1. The van der Waals surface area contributed by atoms with Gasteiger partial charge in [-0.2, -0.15) is 0 Å². The van der Waals surface area contributed by atoms with Gasteiger partial charge >= 0.3 is 0 Å². The van der Waals surface area contributed by atoms with Crippen molar-refractivity contribution in [1.29, 1.82) is 0 Å². The van der Waals surface area contributed by atoms with E-state index < -0.39 is 0 Å². The standard InChI is InChI=1S/C9H10NOS/c1-10-9(11)7-12-8-5-3-2-4-6-8/h3-6H,7H2,1H3,(H,10,11). The van der Waals surface area contributed by atoms with Crippen molar-refractivity contribution in [1.82, 2.24) is 5.32 Å². The quantitative estimate of drug-likeness (QED) is 0.711. The molecule has 2 nitrogen and oxygen atoms in total. The summed E-state index contributed by atoms with van der Waals surface area (Å²) in [5.41, 5.74) is 0. The summed E-state index contributed by atoms with van der Waals surface area (Å²) in [4.78, 5) is 11.9. The molecule has 0 aliphatic rings. The van der Waals surface area contributed by atoms with E-state index in [9.17, 15) is 4.79 Å². The molecule has 0 heterocycles. The Kier molecular flexibility index (Phi) is 3.67. The normalized spacial score (nSPS) is 9.42. The number of amides is 1. The predicted octanol–water partition coefficient (Wildman–Crippen LogP) is 1.32. The van der Waals surface area contributed by atoms with Gasteiger partial charge in [-0.3, -0.25) is 4.79 Å². The van der Waals surface area contributed by atoms with Gasteiger partial charge in [0.15, 0.2) is 0 Å². The van der Waals surface area contributed by atoms with Crippen LogP contribution in [-0.4, -0.2) is 18.7 Å². The van der Waals surface area contributed by atoms with Crippen molar-refractivity contribution in [3.63, 3.8) is 0 Å². The monoisotopic (exact) mass is 180 g/mol. The van der Waals surface area contributed by atoms with Crippen molar-refractivity contribution >= 4 is 17.7 Å². The molecule has 0 fully saturated rings. The van der Waals surface area contributed by atoms with E-state index in [1.165, 1.54) is 11.8 Å². The van der Waals surface area contributed by atoms with E-state index in [0.717, 1.165) is 4.90 Å². The average Bonchev–Trinajstić information content (AvgIpc) is 2.16. The van der Waals surface area contributed by atoms with Gasteiger partial charge in [-0.15, -0.1) is 11.8 Å². The van der Waals surface area contributed by atoms with E-state index in [0.29, 0.717) is 5.75 Å². The Labute approximate surface area is 76.4 Å². The van der Waals surface area contributed by atoms with E-state index >= 15 is 0 Å². The second kappa shape index (κ2) is 4.83. The number of carbonyl (C=O) groups excluding carboxylic acids is 1. The Morgan fingerprint density at radius 3 is 2.83 bits per heavy atom. The van der Waals surface area contributed by atoms with Crippen LogP contribution >= 0.6 is 11.8 Å². The Morgan fingerprint density at radius 2 is 2.25 bits per heavy atom. The maximum absolute atomic E-state index is 10.8. The molecule has 1 aromatic rings. The molecule has 12 heavy (non-hydrogen) atoms. The molecule has 1 aromatic carbocycles. The predicted molar refractivity (Wildman–Crippen MR) is 50.1 cm³/mol. The van der Waals surface area contributed by atoms with Crippen LogP contribution in [0.5, 0.6) is 0 Å². The van der Waals surface area contributed by atoms with Crippen LogP contribution < -0.4 is 5.32 Å². The van der Waals surface area contributed by atoms with Gasteiger partial charge in [-0.1, -0.05) is 12.1 Å². The van der Waals surface area contributed by atoms with Crippen molar-refractivity contribution in [2.75, 3.05) is 12.8 Å². The first-order chi connectivity index (χ1) is 5.83. The third-order valence-electron chi connectivity index (χ3n) is 1.34. The molecule has 0 aromatic heterocycles. The van der Waals surface area contributed by atoms with Crippen molar-refractivity contribution in [3.05, 3.63) is 30.3 Å². The molecule has 1 radical (unpaired) electrons. The van der Waals surface area contributed by atoms with Gasteiger partial charge in [0.05, 0.1) is 5.75 Å². The van der Waals surface area contributed by atoms with Gasteiger partial charge < -0.3 is 5.32 Å². The lowest BCUT2D eigenvalue weighted by atomic mass is 10.4. The summed E-state index contributed by atoms with van der Waals surface area (Å²) in [5.74, 6) is 0.522. The lowest BCUT2D eigenvalue weighted by molar-refractivity contribution is -0.118. The minimum Gasteiger partial charge on any atom is -0.358 e. The van der Waals surface area contributed by atoms with Crippen molar-refractivity contribution < 1.29 is 4.79 Å². The molecular formula is C9H10NOS. The molecule has 0 atom stereocenters. The fraction of sp³-hybridized carbons (Fsp3) is 0.222. The van der Waals surface area contributed by atoms with Crippen LogP contribution in [0.25, 0.3) is 0 Å². The zero-order valence-corrected chi connectivity index (χ0v) is 7.65. The largest absolute Gasteiger partial charge is 0.358 e. The fourth-order valence-corrected chi connectivity index (χ4v) is 1.46. The number of hydrogen-bond donors (Lipinski definition) is 1. The number of nitrogens with one attached hydrogen (secondary N) is 1. The Bertz CT molecular complexity index is 248. The highest BCUT2D eigenvalue weighted by Crippen LogP contribution is 2.15. The number of thioether (sulfide) groups is 1. The summed E-state index contributed by atoms with van der Waals surface area (Å²) in [7, 11) is 1.64. The first kappa shape index (κ1) is 9.13. The van der Waals surface area contributed by atoms with Crippen molar-refractivity contribution in [2.45, 2.75) is 4.90 Å². The molecule has 0 unspecified atom stereocenters. The molecule has 0 saturated heterocycles. The van der Waals surface area contributed by atoms with Crippen LogP contribution in [0, 0.1) is 6.07 Å². The van der Waals surface area contributed by atoms with E-state index in [4.69, 9.17) is 0 Å². The molecular weight excluding hydrogens is 170 g/mol. The Balaban J connectivity index is 2.38. The molecule has 1 rings (SSSR count). The fourth-order valence-electron chi connectivity index (χ4n) is 0.689. The van der Waals surface area contributed by atoms with Crippen LogP contribution in [0.4, 0.5) is 0 Å². The maximum Gasteiger partial charge on any atom is 0.230 e. The third kappa shape index (κ3) is 2.96. The smallest absolute Gasteiger partial charge is 0.230 e. The second-order valence-electron chi connectivity index (χ2n) is 2.20. The molecule has 0 saturated carbocycles. The van der Waals surface area contributed by atoms with Gasteiger partial charge in [-0.05, 0) is 18.2 Å². The number of hydrogen-bond acceptors (Lipinski definition) is 2. The summed E-state index contributed by atoms with van der Waals surface area (Å²) in [5, 5.41) is 2.57. The van der Waals surface area contributed by atoms with E-state index in [1.807, 2.05) is 24.3 Å². The van der Waals surface area contributed by atoms with Crippen LogP contribution in [-0.2, 0) is 4.79 Å². The summed E-state index contributed by atoms with van der Waals surface area (Å²) >= 11 is 1.52. The van der Waals surface area contributed by atoms with Gasteiger partial charge in [0.25, 0.3) is 0 Å². The van der Waals surface area contributed by atoms with Gasteiger partial charge in [-0.25, -0.2) is 0 Å². The van der Waals surface area contributed by atoms with Crippen LogP contribution in [0.3, 0.4) is 0 Å². The highest BCUT2D eigenvalue weighted by atomic mass is 32.2. The van der Waals surface area contributed by atoms with Gasteiger partial charge in [0.1, 0.15) is 0 Å². The van der Waals surface area contributed by atoms with Gasteiger partial charge in [0, 0.05) is 11.9 Å². The number of carbonyl (C=O) groups is 1. The molecule has 63 valence electrons. The third-order valence-corrected chi connectivity index (χ3v) is 2.35. The van der Waals surface area contributed by atoms with E-state index in [-0.39, 0.29) is 5.91 Å². The first-order valence-corrected chi connectivity index (χ1v) is 4.61. The molecule has 0 aliphatic carbocycles. The summed E-state index contributed by atoms with van der Waals surface area (Å²) < 4.78 is 0. The van der Waals surface area contributed by atoms with Crippen LogP contribution in [0.1, 0.15) is 0 Å². The maximum atomic E-state index is 10.8. The molecule has 1 N–H and O–H groups in total. The molecule has 0 aliphatic heterocycles. The number of benzene rings is 1. The van der Waals surface area contributed by atoms with Crippen LogP contribution in [0.2, 0.25) is 0 Å². The van der Waals surface area contributed by atoms with Crippen molar-refractivity contribution in [3.8, 4) is 0 Å². The Hall–Kier alpha value is -0.960. The Morgan fingerprint density at radius 1 is 1.58 bits per heavy atom. The first-order valence-electron chi connectivity index (χ1n) is 3.62. The minimum absolute atomic E-state index is 0.0489. The highest BCUT2D eigenvalue weighted by molar-refractivity contribution is 8.00. The lowest BCUT2D eigenvalue weighted by Crippen LogP contribution is -2.19. The van der Waals surface area contributed by atoms with Gasteiger partial charge in [0.2, 0.25) is 5.91 Å². The van der Waals surface area contributed by atoms with E-state index in [2.05, 4.69) is 11.4 Å². The van der Waals surface area contributed by atoms with Crippen LogP contribution in [0.15, 0.2) is 29.2 Å². The summed E-state index contributed by atoms with van der Waals surface area (Å²) in [6, 6.07) is 10.5. The summed E-state index contributed by atoms with van der Waals surface area (Å²) in [6.07, 6.45) is 0. The zero-order chi connectivity index (χ0) is 8.81. The molecule has 3 heteroatoms. The molecule has 0 bridgehead atoms. The lowest BCUT2D eigenvalue weighted by Gasteiger charge is -1.98. The molecule has 1 amide bonds. The number of rotatable bonds is 3.